The van der Waals surface area contributed by atoms with E-state index in [4.69, 9.17) is 4.55 Å². The minimum atomic E-state index is -3.78. The number of rotatable bonds is 6. The Morgan fingerprint density at radius 3 is 2.60 bits per heavy atom. The summed E-state index contributed by atoms with van der Waals surface area (Å²) in [6.45, 7) is 7.42. The third-order valence-electron chi connectivity index (χ3n) is 2.47. The average Bonchev–Trinajstić information content (AvgIpc) is 2.59. The minimum absolute atomic E-state index is 0.133. The van der Waals surface area contributed by atoms with E-state index in [1.807, 2.05) is 6.20 Å². The van der Waals surface area contributed by atoms with Gasteiger partial charge in [0.25, 0.3) is 10.1 Å². The molecule has 1 N–H and O–H groups in total. The summed E-state index contributed by atoms with van der Waals surface area (Å²) in [5.41, 5.74) is 0. The van der Waals surface area contributed by atoms with Gasteiger partial charge in [0, 0.05) is 13.1 Å². The second kappa shape index (κ2) is 5.48. The molecule has 0 saturated carbocycles. The van der Waals surface area contributed by atoms with Crippen molar-refractivity contribution < 1.29 is 13.0 Å². The van der Waals surface area contributed by atoms with Crippen LogP contribution in [0.25, 0.3) is 0 Å². The molecule has 0 spiro atoms. The number of nitrogens with zero attached hydrogens (tertiary/aromatic N) is 2. The summed E-state index contributed by atoms with van der Waals surface area (Å²) in [4.78, 5) is 4.36. The molecule has 88 valence electrons. The van der Waals surface area contributed by atoms with Crippen molar-refractivity contribution in [3.05, 3.63) is 12.8 Å². The van der Waals surface area contributed by atoms with Crippen molar-refractivity contribution in [3.8, 4) is 0 Å². The van der Waals surface area contributed by atoms with Gasteiger partial charge in [-0.1, -0.05) is 6.58 Å². The van der Waals surface area contributed by atoms with Gasteiger partial charge in [0.2, 0.25) is 0 Å². The predicted molar refractivity (Wildman–Crippen MR) is 59.0 cm³/mol. The van der Waals surface area contributed by atoms with Gasteiger partial charge >= 0.3 is 0 Å². The van der Waals surface area contributed by atoms with Crippen molar-refractivity contribution in [3.63, 3.8) is 0 Å². The fourth-order valence-corrected chi connectivity index (χ4v) is 2.19. The molecule has 0 unspecified atom stereocenters. The molecule has 0 atom stereocenters. The Morgan fingerprint density at radius 1 is 1.33 bits per heavy atom. The van der Waals surface area contributed by atoms with E-state index in [1.165, 1.54) is 0 Å². The van der Waals surface area contributed by atoms with Gasteiger partial charge < -0.3 is 4.90 Å². The zero-order valence-electron chi connectivity index (χ0n) is 8.80. The number of unbranched alkanes of at least 4 members (excludes halogenated alkanes) is 1. The molecule has 0 aromatic rings. The maximum atomic E-state index is 10.4. The fraction of sp³-hybridized carbons (Fsp3) is 0.778. The third-order valence-corrected chi connectivity index (χ3v) is 3.27. The molecule has 1 heterocycles. The highest BCUT2D eigenvalue weighted by atomic mass is 32.2. The van der Waals surface area contributed by atoms with Crippen molar-refractivity contribution in [1.82, 2.24) is 9.80 Å². The van der Waals surface area contributed by atoms with Crippen LogP contribution in [0.3, 0.4) is 0 Å². The van der Waals surface area contributed by atoms with Gasteiger partial charge in [0.15, 0.2) is 0 Å². The van der Waals surface area contributed by atoms with Crippen LogP contribution in [0.4, 0.5) is 0 Å². The monoisotopic (exact) mass is 234 g/mol. The summed E-state index contributed by atoms with van der Waals surface area (Å²) in [7, 11) is -3.78. The van der Waals surface area contributed by atoms with Crippen molar-refractivity contribution in [1.29, 1.82) is 0 Å². The Bertz CT molecular complexity index is 302. The van der Waals surface area contributed by atoms with E-state index in [9.17, 15) is 8.42 Å². The topological polar surface area (TPSA) is 60.9 Å². The summed E-state index contributed by atoms with van der Waals surface area (Å²) in [5.74, 6) is -0.133. The quantitative estimate of drug-likeness (QED) is 0.531. The van der Waals surface area contributed by atoms with E-state index < -0.39 is 10.1 Å². The van der Waals surface area contributed by atoms with Gasteiger partial charge in [-0.3, -0.25) is 9.45 Å². The maximum Gasteiger partial charge on any atom is 0.264 e. The Labute approximate surface area is 91.1 Å². The fourth-order valence-electron chi connectivity index (χ4n) is 1.62. The number of hydrogen-bond donors (Lipinski definition) is 1. The van der Waals surface area contributed by atoms with Crippen LogP contribution in [0.5, 0.6) is 0 Å². The molecule has 0 aliphatic carbocycles. The van der Waals surface area contributed by atoms with Crippen molar-refractivity contribution in [2.75, 3.05) is 32.1 Å². The highest BCUT2D eigenvalue weighted by molar-refractivity contribution is 7.85. The van der Waals surface area contributed by atoms with Crippen LogP contribution in [0.15, 0.2) is 12.8 Å². The average molecular weight is 234 g/mol. The highest BCUT2D eigenvalue weighted by Gasteiger charge is 2.15. The Hall–Kier alpha value is -0.590. The van der Waals surface area contributed by atoms with E-state index in [0.717, 1.165) is 32.7 Å². The van der Waals surface area contributed by atoms with Crippen LogP contribution >= 0.6 is 0 Å². The molecule has 0 radical (unpaired) electrons. The lowest BCUT2D eigenvalue weighted by Gasteiger charge is -2.15. The Morgan fingerprint density at radius 2 is 2.07 bits per heavy atom. The lowest BCUT2D eigenvalue weighted by Crippen LogP contribution is -2.24. The van der Waals surface area contributed by atoms with Crippen molar-refractivity contribution in [2.24, 2.45) is 0 Å². The van der Waals surface area contributed by atoms with E-state index in [-0.39, 0.29) is 5.75 Å². The summed E-state index contributed by atoms with van der Waals surface area (Å²) in [6.07, 6.45) is 3.13. The first kappa shape index (κ1) is 12.5. The lowest BCUT2D eigenvalue weighted by atomic mass is 10.3. The third kappa shape index (κ3) is 5.15. The maximum absolute atomic E-state index is 10.4. The van der Waals surface area contributed by atoms with Gasteiger partial charge in [0.05, 0.1) is 12.4 Å². The molecule has 1 rings (SSSR count). The molecule has 15 heavy (non-hydrogen) atoms. The van der Waals surface area contributed by atoms with Gasteiger partial charge in [-0.25, -0.2) is 0 Å². The first-order chi connectivity index (χ1) is 7.01. The summed E-state index contributed by atoms with van der Waals surface area (Å²) >= 11 is 0. The number of hydrogen-bond acceptors (Lipinski definition) is 4. The van der Waals surface area contributed by atoms with Crippen LogP contribution in [0.2, 0.25) is 0 Å². The van der Waals surface area contributed by atoms with Crippen molar-refractivity contribution >= 4 is 10.1 Å². The van der Waals surface area contributed by atoms with E-state index in [0.29, 0.717) is 6.42 Å². The summed E-state index contributed by atoms with van der Waals surface area (Å²) < 4.78 is 29.4. The second-order valence-corrected chi connectivity index (χ2v) is 5.32. The second-order valence-electron chi connectivity index (χ2n) is 3.75. The molecule has 0 bridgehead atoms. The molecule has 1 aliphatic heterocycles. The van der Waals surface area contributed by atoms with E-state index in [2.05, 4.69) is 16.4 Å². The highest BCUT2D eigenvalue weighted by Crippen LogP contribution is 2.06. The largest absolute Gasteiger partial charge is 0.364 e. The van der Waals surface area contributed by atoms with Gasteiger partial charge in [0.1, 0.15) is 0 Å². The van der Waals surface area contributed by atoms with Crippen molar-refractivity contribution in [2.45, 2.75) is 12.8 Å². The standard InChI is InChI=1S/C9H18N2O3S/c1-2-10-6-7-11(9-10)5-3-4-8-15(12,13)14/h2H,1,3-9H2,(H,12,13,14). The molecule has 0 aromatic carbocycles. The van der Waals surface area contributed by atoms with E-state index in [1.54, 1.807) is 0 Å². The van der Waals surface area contributed by atoms with Crippen LogP contribution in [-0.4, -0.2) is 54.8 Å². The lowest BCUT2D eigenvalue weighted by molar-refractivity contribution is 0.285. The minimum Gasteiger partial charge on any atom is -0.364 e. The molecular formula is C9H18N2O3S. The van der Waals surface area contributed by atoms with Gasteiger partial charge in [-0.2, -0.15) is 8.42 Å². The molecule has 1 saturated heterocycles. The first-order valence-corrected chi connectivity index (χ1v) is 6.66. The van der Waals surface area contributed by atoms with E-state index >= 15 is 0 Å². The smallest absolute Gasteiger partial charge is 0.264 e. The zero-order valence-corrected chi connectivity index (χ0v) is 9.62. The Balaban J connectivity index is 2.09. The summed E-state index contributed by atoms with van der Waals surface area (Å²) in [6, 6.07) is 0. The van der Waals surface area contributed by atoms with Gasteiger partial charge in [-0.05, 0) is 25.6 Å². The first-order valence-electron chi connectivity index (χ1n) is 5.05. The van der Waals surface area contributed by atoms with Gasteiger partial charge in [-0.15, -0.1) is 0 Å². The van der Waals surface area contributed by atoms with Crippen LogP contribution < -0.4 is 0 Å². The molecule has 0 aromatic heterocycles. The molecule has 0 amide bonds. The molecular weight excluding hydrogens is 216 g/mol. The SMILES string of the molecule is C=CN1CCN(CCCCS(=O)(=O)O)C1. The molecule has 1 aliphatic rings. The molecule has 5 nitrogen and oxygen atoms in total. The van der Waals surface area contributed by atoms with Crippen LogP contribution in [0, 0.1) is 0 Å². The molecule has 1 fully saturated rings. The predicted octanol–water partition coefficient (Wildman–Crippen LogP) is 0.373. The zero-order chi connectivity index (χ0) is 11.3. The normalized spacial score (nSPS) is 18.3. The van der Waals surface area contributed by atoms with Crippen LogP contribution in [-0.2, 0) is 10.1 Å². The Kier molecular flexibility index (Phi) is 4.56. The van der Waals surface area contributed by atoms with Crippen LogP contribution in [0.1, 0.15) is 12.8 Å². The summed E-state index contributed by atoms with van der Waals surface area (Å²) in [5, 5.41) is 0. The molecule has 6 heteroatoms.